The molecule has 1 aliphatic rings. The number of hydrogen-bond donors (Lipinski definition) is 2. The van der Waals surface area contributed by atoms with Gasteiger partial charge in [-0.05, 0) is 42.7 Å². The fourth-order valence-corrected chi connectivity index (χ4v) is 2.84. The first-order chi connectivity index (χ1) is 10.0. The number of fused-ring (bicyclic) bond motifs is 1. The number of aryl methyl sites for hydroxylation is 1. The van der Waals surface area contributed by atoms with Crippen LogP contribution in [0.3, 0.4) is 0 Å². The van der Waals surface area contributed by atoms with Crippen LogP contribution in [0.2, 0.25) is 0 Å². The van der Waals surface area contributed by atoms with Crippen molar-refractivity contribution in [3.8, 4) is 0 Å². The van der Waals surface area contributed by atoms with Crippen molar-refractivity contribution in [2.24, 2.45) is 5.10 Å². The standard InChI is InChI=1S/C15H14N2O3S.K/c18-21(19,20)13-8-6-12(7-9-13)16-17-15-10-5-11-3-1-2-4-14(11)15;/h1-4,6-9,16H,5,10H2,(H,18,19,20);/q;+1/b17-15+;. The molecular weight excluding hydrogens is 327 g/mol. The van der Waals surface area contributed by atoms with Crippen LogP contribution in [0.25, 0.3) is 0 Å². The quantitative estimate of drug-likeness (QED) is 0.456. The Morgan fingerprint density at radius 2 is 1.68 bits per heavy atom. The van der Waals surface area contributed by atoms with Crippen LogP contribution in [-0.2, 0) is 16.5 Å². The Kier molecular flexibility index (Phi) is 5.95. The van der Waals surface area contributed by atoms with Crippen molar-refractivity contribution in [1.82, 2.24) is 0 Å². The zero-order valence-electron chi connectivity index (χ0n) is 12.2. The van der Waals surface area contributed by atoms with Crippen molar-refractivity contribution in [3.63, 3.8) is 0 Å². The van der Waals surface area contributed by atoms with Crippen LogP contribution in [0.1, 0.15) is 17.5 Å². The predicted molar refractivity (Wildman–Crippen MR) is 81.2 cm³/mol. The Bertz CT molecular complexity index is 802. The molecule has 0 fully saturated rings. The first kappa shape index (κ1) is 17.8. The number of hydrazone groups is 1. The molecule has 1 aliphatic carbocycles. The van der Waals surface area contributed by atoms with Gasteiger partial charge in [0.05, 0.1) is 16.3 Å². The molecule has 0 radical (unpaired) electrons. The van der Waals surface area contributed by atoms with Crippen LogP contribution >= 0.6 is 0 Å². The van der Waals surface area contributed by atoms with E-state index in [1.165, 1.54) is 17.7 Å². The van der Waals surface area contributed by atoms with Gasteiger partial charge in [0, 0.05) is 5.56 Å². The molecule has 0 heterocycles. The van der Waals surface area contributed by atoms with Gasteiger partial charge in [0.25, 0.3) is 10.1 Å². The van der Waals surface area contributed by atoms with Crippen LogP contribution in [0, 0.1) is 0 Å². The summed E-state index contributed by atoms with van der Waals surface area (Å²) in [6.07, 6.45) is 1.87. The van der Waals surface area contributed by atoms with Gasteiger partial charge in [-0.1, -0.05) is 24.3 Å². The Hall–Kier alpha value is -0.544. The van der Waals surface area contributed by atoms with Crippen molar-refractivity contribution in [3.05, 3.63) is 59.7 Å². The molecule has 2 aromatic rings. The minimum atomic E-state index is -4.15. The minimum Gasteiger partial charge on any atom is -0.282 e. The largest absolute Gasteiger partial charge is 1.00 e. The van der Waals surface area contributed by atoms with E-state index in [1.807, 2.05) is 18.2 Å². The van der Waals surface area contributed by atoms with Crippen LogP contribution in [-0.4, -0.2) is 18.7 Å². The van der Waals surface area contributed by atoms with Crippen LogP contribution < -0.4 is 56.8 Å². The van der Waals surface area contributed by atoms with E-state index in [9.17, 15) is 8.42 Å². The smallest absolute Gasteiger partial charge is 0.282 e. The second-order valence-corrected chi connectivity index (χ2v) is 6.25. The second kappa shape index (κ2) is 7.35. The van der Waals surface area contributed by atoms with E-state index < -0.39 is 10.1 Å². The molecule has 0 atom stereocenters. The first-order valence-corrected chi connectivity index (χ1v) is 7.96. The molecule has 7 heteroatoms. The topological polar surface area (TPSA) is 78.8 Å². The Balaban J connectivity index is 0.00000176. The fourth-order valence-electron chi connectivity index (χ4n) is 2.36. The molecule has 0 bridgehead atoms. The summed E-state index contributed by atoms with van der Waals surface area (Å²) < 4.78 is 30.8. The van der Waals surface area contributed by atoms with E-state index in [2.05, 4.69) is 16.6 Å². The van der Waals surface area contributed by atoms with E-state index in [-0.39, 0.29) is 56.3 Å². The molecule has 5 nitrogen and oxygen atoms in total. The van der Waals surface area contributed by atoms with E-state index in [1.54, 1.807) is 12.1 Å². The van der Waals surface area contributed by atoms with Gasteiger partial charge < -0.3 is 0 Å². The number of rotatable bonds is 3. The first-order valence-electron chi connectivity index (χ1n) is 6.52. The van der Waals surface area contributed by atoms with E-state index in [4.69, 9.17) is 4.55 Å². The molecule has 2 N–H and O–H groups in total. The van der Waals surface area contributed by atoms with Crippen molar-refractivity contribution in [2.75, 3.05) is 5.43 Å². The third kappa shape index (κ3) is 4.05. The maximum Gasteiger partial charge on any atom is 1.00 e. The molecule has 0 amide bonds. The number of hydrogen-bond acceptors (Lipinski definition) is 4. The second-order valence-electron chi connectivity index (χ2n) is 4.83. The molecule has 0 saturated carbocycles. The molecule has 2 aromatic carbocycles. The van der Waals surface area contributed by atoms with Crippen molar-refractivity contribution in [1.29, 1.82) is 0 Å². The number of nitrogens with zero attached hydrogens (tertiary/aromatic N) is 1. The average Bonchev–Trinajstić information content (AvgIpc) is 2.88. The zero-order valence-corrected chi connectivity index (χ0v) is 16.1. The molecule has 0 saturated heterocycles. The summed E-state index contributed by atoms with van der Waals surface area (Å²) in [7, 11) is -4.15. The van der Waals surface area contributed by atoms with Gasteiger partial charge in [-0.15, -0.1) is 0 Å². The normalized spacial score (nSPS) is 15.2. The molecular formula is C15H14KN2O3S+. The van der Waals surface area contributed by atoms with Crippen LogP contribution in [0.4, 0.5) is 5.69 Å². The van der Waals surface area contributed by atoms with Gasteiger partial charge >= 0.3 is 51.4 Å². The Morgan fingerprint density at radius 1 is 1.00 bits per heavy atom. The molecule has 0 aromatic heterocycles. The minimum absolute atomic E-state index is 0. The maximum atomic E-state index is 11.0. The Morgan fingerprint density at radius 3 is 2.36 bits per heavy atom. The Labute approximate surface area is 172 Å². The number of nitrogens with one attached hydrogen (secondary N) is 1. The summed E-state index contributed by atoms with van der Waals surface area (Å²) >= 11 is 0. The van der Waals surface area contributed by atoms with Crippen molar-refractivity contribution < 1.29 is 64.4 Å². The summed E-state index contributed by atoms with van der Waals surface area (Å²) in [5.74, 6) is 0. The molecule has 22 heavy (non-hydrogen) atoms. The summed E-state index contributed by atoms with van der Waals surface area (Å²) in [5, 5.41) is 4.38. The van der Waals surface area contributed by atoms with Gasteiger partial charge in [0.2, 0.25) is 0 Å². The number of anilines is 1. The van der Waals surface area contributed by atoms with Crippen LogP contribution in [0.15, 0.2) is 58.5 Å². The monoisotopic (exact) mass is 341 g/mol. The number of benzene rings is 2. The van der Waals surface area contributed by atoms with Crippen molar-refractivity contribution >= 4 is 21.5 Å². The van der Waals surface area contributed by atoms with Gasteiger partial charge in [-0.3, -0.25) is 9.98 Å². The summed E-state index contributed by atoms with van der Waals surface area (Å²) in [6.45, 7) is 0. The predicted octanol–water partition coefficient (Wildman–Crippen LogP) is -0.300. The third-order valence-electron chi connectivity index (χ3n) is 3.43. The van der Waals surface area contributed by atoms with Gasteiger partial charge in [0.1, 0.15) is 0 Å². The zero-order chi connectivity index (χ0) is 14.9. The summed E-state index contributed by atoms with van der Waals surface area (Å²) in [6, 6.07) is 13.9. The van der Waals surface area contributed by atoms with Gasteiger partial charge in [-0.2, -0.15) is 13.5 Å². The van der Waals surface area contributed by atoms with E-state index in [0.29, 0.717) is 5.69 Å². The van der Waals surface area contributed by atoms with Crippen LogP contribution in [0.5, 0.6) is 0 Å². The molecule has 0 spiro atoms. The average molecular weight is 341 g/mol. The molecule has 0 aliphatic heterocycles. The fraction of sp³-hybridized carbons (Fsp3) is 0.133. The van der Waals surface area contributed by atoms with E-state index >= 15 is 0 Å². The molecule has 3 rings (SSSR count). The SMILES string of the molecule is O=S(=O)(O)c1ccc(N/N=C2\CCc3ccccc32)cc1.[K+]. The van der Waals surface area contributed by atoms with E-state index in [0.717, 1.165) is 24.1 Å². The van der Waals surface area contributed by atoms with Gasteiger partial charge in [-0.25, -0.2) is 0 Å². The van der Waals surface area contributed by atoms with Gasteiger partial charge in [0.15, 0.2) is 0 Å². The maximum absolute atomic E-state index is 11.0. The third-order valence-corrected chi connectivity index (χ3v) is 4.30. The molecule has 0 unspecified atom stereocenters. The molecule has 108 valence electrons. The summed E-state index contributed by atoms with van der Waals surface area (Å²) in [5.41, 5.74) is 7.02. The summed E-state index contributed by atoms with van der Waals surface area (Å²) in [4.78, 5) is -0.132. The van der Waals surface area contributed by atoms with Crippen molar-refractivity contribution in [2.45, 2.75) is 17.7 Å².